The van der Waals surface area contributed by atoms with Crippen molar-refractivity contribution in [2.75, 3.05) is 13.7 Å². The molecule has 1 fully saturated rings. The molecule has 0 amide bonds. The molecule has 1 saturated heterocycles. The third kappa shape index (κ3) is 4.81. The Morgan fingerprint density at radius 2 is 2.00 bits per heavy atom. The number of aromatic nitrogens is 2. The van der Waals surface area contributed by atoms with E-state index in [9.17, 15) is 17.2 Å². The molecule has 1 aliphatic heterocycles. The average molecular weight is 481 g/mol. The van der Waals surface area contributed by atoms with E-state index >= 15 is 4.39 Å². The topological polar surface area (TPSA) is 82.5 Å². The van der Waals surface area contributed by atoms with Crippen LogP contribution >= 0.6 is 0 Å². The van der Waals surface area contributed by atoms with Crippen LogP contribution in [0.3, 0.4) is 0 Å². The molecule has 176 valence electrons. The normalized spacial score (nSPS) is 17.8. The van der Waals surface area contributed by atoms with E-state index in [2.05, 4.69) is 9.82 Å². The molecule has 1 N–H and O–H groups in total. The molecule has 0 bridgehead atoms. The number of methoxy groups -OCH3 is 1. The zero-order valence-electron chi connectivity index (χ0n) is 17.7. The van der Waals surface area contributed by atoms with E-state index in [0.29, 0.717) is 24.4 Å². The molecule has 11 heteroatoms. The fourth-order valence-electron chi connectivity index (χ4n) is 3.75. The van der Waals surface area contributed by atoms with Crippen LogP contribution < -0.4 is 4.72 Å². The summed E-state index contributed by atoms with van der Waals surface area (Å²) in [6, 6.07) is 8.08. The van der Waals surface area contributed by atoms with E-state index < -0.39 is 38.6 Å². The standard InChI is InChI=1S/C22H22F3N3O4S/c1-31-22(27-33(29,30)19-13-14(23)8-9-17(19)24)16-6-4-5-15(21(16)25)18-10-11-26-28(18)20-7-2-3-12-32-20/h4-6,8-11,13,20,22,27H,2-3,7,12H2,1H3. The summed E-state index contributed by atoms with van der Waals surface area (Å²) < 4.78 is 83.2. The van der Waals surface area contributed by atoms with Crippen LogP contribution in [-0.4, -0.2) is 31.9 Å². The lowest BCUT2D eigenvalue weighted by molar-refractivity contribution is -0.0384. The third-order valence-corrected chi connectivity index (χ3v) is 6.78. The quantitative estimate of drug-likeness (QED) is 0.509. The predicted octanol–water partition coefficient (Wildman–Crippen LogP) is 4.29. The Morgan fingerprint density at radius 1 is 1.18 bits per heavy atom. The Balaban J connectivity index is 1.68. The first-order valence-corrected chi connectivity index (χ1v) is 11.7. The van der Waals surface area contributed by atoms with Gasteiger partial charge in [-0.3, -0.25) is 0 Å². The monoisotopic (exact) mass is 481 g/mol. The average Bonchev–Trinajstić information content (AvgIpc) is 3.29. The van der Waals surface area contributed by atoms with E-state index in [0.717, 1.165) is 25.3 Å². The van der Waals surface area contributed by atoms with E-state index in [-0.39, 0.29) is 17.4 Å². The van der Waals surface area contributed by atoms with Crippen molar-refractivity contribution in [1.82, 2.24) is 14.5 Å². The Hall–Kier alpha value is -2.73. The predicted molar refractivity (Wildman–Crippen MR) is 113 cm³/mol. The smallest absolute Gasteiger partial charge is 0.246 e. The fourth-order valence-corrected chi connectivity index (χ4v) is 4.97. The van der Waals surface area contributed by atoms with Crippen molar-refractivity contribution < 1.29 is 31.1 Å². The lowest BCUT2D eigenvalue weighted by Gasteiger charge is -2.25. The Morgan fingerprint density at radius 3 is 2.73 bits per heavy atom. The zero-order chi connectivity index (χ0) is 23.6. The third-order valence-electron chi connectivity index (χ3n) is 5.37. The molecule has 2 aromatic carbocycles. The number of benzene rings is 2. The second kappa shape index (κ2) is 9.64. The van der Waals surface area contributed by atoms with Crippen molar-refractivity contribution in [3.63, 3.8) is 0 Å². The Bertz CT molecular complexity index is 1240. The van der Waals surface area contributed by atoms with Crippen LogP contribution in [0.25, 0.3) is 11.3 Å². The number of halogens is 3. The molecule has 1 aromatic heterocycles. The summed E-state index contributed by atoms with van der Waals surface area (Å²) in [4.78, 5) is -0.909. The van der Waals surface area contributed by atoms with Gasteiger partial charge in [0.25, 0.3) is 0 Å². The van der Waals surface area contributed by atoms with E-state index in [4.69, 9.17) is 9.47 Å². The molecule has 0 aliphatic carbocycles. The highest BCUT2D eigenvalue weighted by Gasteiger charge is 2.28. The van der Waals surface area contributed by atoms with Gasteiger partial charge >= 0.3 is 0 Å². The minimum atomic E-state index is -4.58. The van der Waals surface area contributed by atoms with Gasteiger partial charge in [-0.15, -0.1) is 0 Å². The first kappa shape index (κ1) is 23.4. The maximum atomic E-state index is 15.6. The number of nitrogens with zero attached hydrogens (tertiary/aromatic N) is 2. The SMILES string of the molecule is COC(NS(=O)(=O)c1cc(F)ccc1F)c1cccc(-c2ccnn2C2CCCCO2)c1F. The van der Waals surface area contributed by atoms with Crippen LogP contribution in [-0.2, 0) is 19.5 Å². The second-order valence-electron chi connectivity index (χ2n) is 7.50. The largest absolute Gasteiger partial charge is 0.361 e. The number of rotatable bonds is 7. The Kier molecular flexibility index (Phi) is 6.84. The molecule has 0 spiro atoms. The zero-order valence-corrected chi connectivity index (χ0v) is 18.5. The van der Waals surface area contributed by atoms with Gasteiger partial charge in [0.15, 0.2) is 6.23 Å². The molecular formula is C22H22F3N3O4S. The second-order valence-corrected chi connectivity index (χ2v) is 9.19. The Labute approximate surface area is 189 Å². The highest BCUT2D eigenvalue weighted by molar-refractivity contribution is 7.89. The summed E-state index contributed by atoms with van der Waals surface area (Å²) in [5, 5.41) is 4.27. The molecule has 2 unspecified atom stereocenters. The number of hydrogen-bond donors (Lipinski definition) is 1. The van der Waals surface area contributed by atoms with Gasteiger partial charge < -0.3 is 9.47 Å². The van der Waals surface area contributed by atoms with Crippen LogP contribution in [0.5, 0.6) is 0 Å². The van der Waals surface area contributed by atoms with Crippen LogP contribution in [0.1, 0.15) is 37.3 Å². The molecule has 2 atom stereocenters. The van der Waals surface area contributed by atoms with Gasteiger partial charge in [0, 0.05) is 31.0 Å². The lowest BCUT2D eigenvalue weighted by atomic mass is 10.1. The highest BCUT2D eigenvalue weighted by atomic mass is 32.2. The van der Waals surface area contributed by atoms with Crippen molar-refractivity contribution in [2.24, 2.45) is 0 Å². The van der Waals surface area contributed by atoms with Crippen LogP contribution in [0.4, 0.5) is 13.2 Å². The minimum Gasteiger partial charge on any atom is -0.361 e. The summed E-state index contributed by atoms with van der Waals surface area (Å²) in [5.41, 5.74) is 0.486. The number of sulfonamides is 1. The first-order valence-electron chi connectivity index (χ1n) is 10.3. The molecule has 7 nitrogen and oxygen atoms in total. The molecular weight excluding hydrogens is 459 g/mol. The molecule has 1 aliphatic rings. The van der Waals surface area contributed by atoms with Gasteiger partial charge in [0.1, 0.15) is 28.6 Å². The number of hydrogen-bond acceptors (Lipinski definition) is 5. The van der Waals surface area contributed by atoms with Gasteiger partial charge in [-0.2, -0.15) is 9.82 Å². The minimum absolute atomic E-state index is 0.132. The number of nitrogens with one attached hydrogen (secondary N) is 1. The molecule has 0 saturated carbocycles. The fraction of sp³-hybridized carbons (Fsp3) is 0.318. The maximum Gasteiger partial charge on any atom is 0.246 e. The van der Waals surface area contributed by atoms with Gasteiger partial charge in [0.2, 0.25) is 10.0 Å². The summed E-state index contributed by atoms with van der Waals surface area (Å²) in [6.07, 6.45) is 2.33. The van der Waals surface area contributed by atoms with Crippen LogP contribution in [0, 0.1) is 17.5 Å². The van der Waals surface area contributed by atoms with Crippen LogP contribution in [0.15, 0.2) is 53.6 Å². The molecule has 2 heterocycles. The van der Waals surface area contributed by atoms with E-state index in [1.165, 1.54) is 31.5 Å². The maximum absolute atomic E-state index is 15.6. The van der Waals surface area contributed by atoms with Gasteiger partial charge in [0.05, 0.1) is 5.69 Å². The highest BCUT2D eigenvalue weighted by Crippen LogP contribution is 2.33. The summed E-state index contributed by atoms with van der Waals surface area (Å²) in [6.45, 7) is 0.580. The first-order chi connectivity index (χ1) is 15.8. The van der Waals surface area contributed by atoms with E-state index in [1.807, 2.05) is 0 Å². The van der Waals surface area contributed by atoms with Gasteiger partial charge in [-0.1, -0.05) is 12.1 Å². The van der Waals surface area contributed by atoms with Crippen molar-refractivity contribution in [3.05, 3.63) is 71.7 Å². The van der Waals surface area contributed by atoms with Crippen LogP contribution in [0.2, 0.25) is 0 Å². The van der Waals surface area contributed by atoms with E-state index in [1.54, 1.807) is 10.7 Å². The molecule has 4 rings (SSSR count). The van der Waals surface area contributed by atoms with Gasteiger partial charge in [-0.25, -0.2) is 26.3 Å². The van der Waals surface area contributed by atoms with Crippen molar-refractivity contribution in [2.45, 2.75) is 36.6 Å². The van der Waals surface area contributed by atoms with Crippen molar-refractivity contribution in [1.29, 1.82) is 0 Å². The van der Waals surface area contributed by atoms with Crippen molar-refractivity contribution >= 4 is 10.0 Å². The summed E-state index contributed by atoms with van der Waals surface area (Å²) >= 11 is 0. The number of ether oxygens (including phenoxy) is 2. The molecule has 3 aromatic rings. The molecule has 33 heavy (non-hydrogen) atoms. The van der Waals surface area contributed by atoms with Gasteiger partial charge in [-0.05, 0) is 49.6 Å². The molecule has 0 radical (unpaired) electrons. The summed E-state index contributed by atoms with van der Waals surface area (Å²) in [5.74, 6) is -2.83. The van der Waals surface area contributed by atoms with Crippen molar-refractivity contribution in [3.8, 4) is 11.3 Å². The summed E-state index contributed by atoms with van der Waals surface area (Å²) in [7, 11) is -3.41. The lowest BCUT2D eigenvalue weighted by Crippen LogP contribution is -2.31.